The fourth-order valence-corrected chi connectivity index (χ4v) is 8.82. The zero-order valence-corrected chi connectivity index (χ0v) is 31.5. The van der Waals surface area contributed by atoms with Crippen molar-refractivity contribution >= 4 is 20.0 Å². The fraction of sp³-hybridized carbons (Fsp3) is 0.410. The van der Waals surface area contributed by atoms with Crippen LogP contribution in [0.3, 0.4) is 0 Å². The minimum absolute atomic E-state index is 0.132. The van der Waals surface area contributed by atoms with Crippen molar-refractivity contribution < 1.29 is 28.3 Å². The molecule has 5 rings (SSSR count). The summed E-state index contributed by atoms with van der Waals surface area (Å²) in [6.07, 6.45) is 0.362. The van der Waals surface area contributed by atoms with Gasteiger partial charge in [-0.2, -0.15) is 4.98 Å². The molecule has 4 atom stereocenters. The monoisotopic (exact) mass is 716 g/mol. The molecule has 272 valence electrons. The average Bonchev–Trinajstić information content (AvgIpc) is 3.50. The van der Waals surface area contributed by atoms with Crippen molar-refractivity contribution in [3.05, 3.63) is 118 Å². The molecule has 0 aliphatic carbocycles. The Morgan fingerprint density at radius 2 is 1.47 bits per heavy atom. The number of carbonyl (C=O) groups is 1. The van der Waals surface area contributed by atoms with Crippen molar-refractivity contribution in [2.75, 3.05) is 32.8 Å². The molecule has 0 radical (unpaired) electrons. The van der Waals surface area contributed by atoms with E-state index >= 15 is 0 Å². The lowest BCUT2D eigenvalue weighted by Gasteiger charge is -2.39. The lowest BCUT2D eigenvalue weighted by molar-refractivity contribution is -0.114. The maximum atomic E-state index is 13.2. The van der Waals surface area contributed by atoms with Crippen LogP contribution in [0.15, 0.2) is 95.9 Å². The molecule has 1 aliphatic heterocycles. The first kappa shape index (κ1) is 38.1. The van der Waals surface area contributed by atoms with Crippen LogP contribution in [0.25, 0.3) is 0 Å². The Labute approximate surface area is 301 Å². The van der Waals surface area contributed by atoms with E-state index in [4.69, 9.17) is 23.5 Å². The molecule has 2 heterocycles. The van der Waals surface area contributed by atoms with Crippen LogP contribution in [0, 0.1) is 0 Å². The van der Waals surface area contributed by atoms with Gasteiger partial charge in [0.15, 0.2) is 0 Å². The number of amides is 1. The van der Waals surface area contributed by atoms with Gasteiger partial charge in [0.05, 0.1) is 26.9 Å². The number of carbonyl (C=O) groups excluding carboxylic acids is 1. The number of benzene rings is 3. The van der Waals surface area contributed by atoms with E-state index in [2.05, 4.69) is 61.5 Å². The number of rotatable bonds is 15. The highest BCUT2D eigenvalue weighted by molar-refractivity contribution is 7.49. The highest BCUT2D eigenvalue weighted by Gasteiger charge is 2.44. The lowest BCUT2D eigenvalue weighted by atomic mass is 9.80. The third kappa shape index (κ3) is 8.68. The highest BCUT2D eigenvalue weighted by atomic mass is 31.2. The molecule has 1 aromatic heterocycles. The van der Waals surface area contributed by atoms with Gasteiger partial charge in [-0.1, -0.05) is 54.6 Å². The molecule has 11 nitrogen and oxygen atoms in total. The van der Waals surface area contributed by atoms with Crippen molar-refractivity contribution in [2.24, 2.45) is 0 Å². The van der Waals surface area contributed by atoms with Gasteiger partial charge < -0.3 is 28.8 Å². The summed E-state index contributed by atoms with van der Waals surface area (Å²) in [5.74, 6) is 1.33. The number of hydrogen-bond acceptors (Lipinski definition) is 9. The zero-order chi connectivity index (χ0) is 36.7. The maximum absolute atomic E-state index is 13.2. The molecule has 0 bridgehead atoms. The summed E-state index contributed by atoms with van der Waals surface area (Å²) in [7, 11) is 2.25. The second-order valence-corrected chi connectivity index (χ2v) is 14.6. The second kappa shape index (κ2) is 16.9. The van der Waals surface area contributed by atoms with Crippen LogP contribution in [0.1, 0.15) is 64.0 Å². The maximum Gasteiger partial charge on any atom is 0.351 e. The standard InChI is InChI=1S/C39H49N4O7P/c1-26(2)43(27(3)4)51(8)50-34-24-37(42-23-22-36(40-28(5)44)41-38(42)45)49-35(34)25-48-39(29-12-10-9-11-13-29,30-14-18-32(46-6)19-15-30)31-16-20-33(47-7)21-17-31/h9-23,26-27,34-35,37H,24-25H2,1-8H3,(H,40,41,44,45)/t34-,35+,37+,51?/m0/s1. The van der Waals surface area contributed by atoms with Gasteiger partial charge in [-0.15, -0.1) is 0 Å². The summed E-state index contributed by atoms with van der Waals surface area (Å²) >= 11 is 0. The summed E-state index contributed by atoms with van der Waals surface area (Å²) in [4.78, 5) is 28.9. The van der Waals surface area contributed by atoms with E-state index in [9.17, 15) is 9.59 Å². The van der Waals surface area contributed by atoms with E-state index in [0.29, 0.717) is 6.42 Å². The van der Waals surface area contributed by atoms with E-state index in [1.165, 1.54) is 11.5 Å². The fourth-order valence-electron chi connectivity index (χ4n) is 6.79. The summed E-state index contributed by atoms with van der Waals surface area (Å²) < 4.78 is 35.6. The largest absolute Gasteiger partial charge is 0.497 e. The van der Waals surface area contributed by atoms with Gasteiger partial charge in [0.2, 0.25) is 5.91 Å². The van der Waals surface area contributed by atoms with Gasteiger partial charge in [0.25, 0.3) is 0 Å². The quantitative estimate of drug-likeness (QED) is 0.103. The van der Waals surface area contributed by atoms with Gasteiger partial charge in [-0.3, -0.25) is 14.0 Å². The molecule has 12 heteroatoms. The van der Waals surface area contributed by atoms with Crippen LogP contribution < -0.4 is 20.5 Å². The molecule has 1 amide bonds. The van der Waals surface area contributed by atoms with E-state index in [0.717, 1.165) is 28.2 Å². The van der Waals surface area contributed by atoms with Crippen molar-refractivity contribution in [3.8, 4) is 11.5 Å². The Bertz CT molecular complexity index is 1730. The molecule has 1 aliphatic rings. The van der Waals surface area contributed by atoms with Crippen LogP contribution in [0.5, 0.6) is 11.5 Å². The molecule has 1 saturated heterocycles. The van der Waals surface area contributed by atoms with Crippen molar-refractivity contribution in [3.63, 3.8) is 0 Å². The van der Waals surface area contributed by atoms with Crippen LogP contribution in [0.2, 0.25) is 0 Å². The molecule has 1 unspecified atom stereocenters. The smallest absolute Gasteiger partial charge is 0.351 e. The molecule has 3 aromatic carbocycles. The Kier molecular flexibility index (Phi) is 12.7. The number of ether oxygens (including phenoxy) is 4. The number of aromatic nitrogens is 2. The van der Waals surface area contributed by atoms with E-state index < -0.39 is 38.0 Å². The van der Waals surface area contributed by atoms with Crippen LogP contribution in [-0.4, -0.2) is 71.9 Å². The van der Waals surface area contributed by atoms with Crippen LogP contribution >= 0.6 is 8.30 Å². The molecular formula is C39H49N4O7P. The number of nitrogens with one attached hydrogen (secondary N) is 1. The van der Waals surface area contributed by atoms with Gasteiger partial charge >= 0.3 is 5.69 Å². The van der Waals surface area contributed by atoms with Gasteiger partial charge in [-0.25, -0.2) is 4.79 Å². The zero-order valence-electron chi connectivity index (χ0n) is 30.6. The normalized spacial score (nSPS) is 18.3. The van der Waals surface area contributed by atoms with Gasteiger partial charge in [0.1, 0.15) is 43.5 Å². The molecule has 51 heavy (non-hydrogen) atoms. The molecular weight excluding hydrogens is 667 g/mol. The Balaban J connectivity index is 1.56. The summed E-state index contributed by atoms with van der Waals surface area (Å²) in [5.41, 5.74) is 1.10. The summed E-state index contributed by atoms with van der Waals surface area (Å²) in [5, 5.41) is 2.57. The molecule has 4 aromatic rings. The van der Waals surface area contributed by atoms with Crippen LogP contribution in [-0.2, 0) is 24.4 Å². The Morgan fingerprint density at radius 1 is 0.922 bits per heavy atom. The first-order valence-electron chi connectivity index (χ1n) is 17.2. The van der Waals surface area contributed by atoms with Crippen molar-refractivity contribution in [1.29, 1.82) is 0 Å². The van der Waals surface area contributed by atoms with Crippen molar-refractivity contribution in [2.45, 2.75) is 77.2 Å². The first-order valence-corrected chi connectivity index (χ1v) is 18.8. The summed E-state index contributed by atoms with van der Waals surface area (Å²) in [6.45, 7) is 12.3. The van der Waals surface area contributed by atoms with Crippen LogP contribution in [0.4, 0.5) is 5.82 Å². The lowest BCUT2D eigenvalue weighted by Crippen LogP contribution is -2.39. The Morgan fingerprint density at radius 3 is 1.96 bits per heavy atom. The minimum atomic E-state index is -1.07. The molecule has 1 N–H and O–H groups in total. The SMILES string of the molecule is COc1ccc(C(OC[C@H]2O[C@@H](n3ccc(NC(C)=O)nc3=O)C[C@@H]2OP(C)N(C(C)C)C(C)C)(c2ccccc2)c2ccc(OC)cc2)cc1. The predicted molar refractivity (Wildman–Crippen MR) is 199 cm³/mol. The second-order valence-electron chi connectivity index (χ2n) is 13.0. The van der Waals surface area contributed by atoms with E-state index in [1.54, 1.807) is 26.5 Å². The minimum Gasteiger partial charge on any atom is -0.497 e. The average molecular weight is 717 g/mol. The predicted octanol–water partition coefficient (Wildman–Crippen LogP) is 6.96. The number of anilines is 1. The molecule has 0 spiro atoms. The van der Waals surface area contributed by atoms with Crippen molar-refractivity contribution in [1.82, 2.24) is 14.2 Å². The third-order valence-corrected chi connectivity index (χ3v) is 11.1. The van der Waals surface area contributed by atoms with Gasteiger partial charge in [-0.05, 0) is 81.4 Å². The number of hydrogen-bond donors (Lipinski definition) is 1. The summed E-state index contributed by atoms with van der Waals surface area (Å²) in [6, 6.07) is 27.9. The number of nitrogens with zero attached hydrogens (tertiary/aromatic N) is 3. The van der Waals surface area contributed by atoms with E-state index in [-0.39, 0.29) is 30.4 Å². The highest BCUT2D eigenvalue weighted by Crippen LogP contribution is 2.47. The Hall–Kier alpha value is -4.12. The molecule has 1 fully saturated rings. The van der Waals surface area contributed by atoms with E-state index in [1.807, 2.05) is 66.7 Å². The third-order valence-electron chi connectivity index (χ3n) is 8.93. The topological polar surface area (TPSA) is 113 Å². The molecule has 0 saturated carbocycles. The number of methoxy groups -OCH3 is 2. The first-order chi connectivity index (χ1) is 24.5. The van der Waals surface area contributed by atoms with Gasteiger partial charge in [0, 0.05) is 31.6 Å².